The van der Waals surface area contributed by atoms with Gasteiger partial charge in [0.25, 0.3) is 0 Å². The third-order valence-corrected chi connectivity index (χ3v) is 4.15. The Morgan fingerprint density at radius 3 is 2.38 bits per heavy atom. The number of carboxylic acids is 1. The topological polar surface area (TPSA) is 92.2 Å². The van der Waals surface area contributed by atoms with Crippen molar-refractivity contribution in [1.29, 1.82) is 0 Å². The maximum Gasteiger partial charge on any atom is 0.335 e. The van der Waals surface area contributed by atoms with Gasteiger partial charge < -0.3 is 10.4 Å². The first-order valence-electron chi connectivity index (χ1n) is 7.13. The predicted molar refractivity (Wildman–Crippen MR) is 91.1 cm³/mol. The van der Waals surface area contributed by atoms with E-state index in [2.05, 4.69) is 15.5 Å². The van der Waals surface area contributed by atoms with Gasteiger partial charge in [0.05, 0.1) is 12.0 Å². The van der Waals surface area contributed by atoms with Crippen LogP contribution in [-0.2, 0) is 11.2 Å². The Morgan fingerprint density at radius 2 is 1.71 bits per heavy atom. The summed E-state index contributed by atoms with van der Waals surface area (Å²) in [5.74, 6) is -1.14. The highest BCUT2D eigenvalue weighted by molar-refractivity contribution is 7.18. The smallest absolute Gasteiger partial charge is 0.335 e. The number of amides is 1. The minimum Gasteiger partial charge on any atom is -0.478 e. The molecule has 0 spiro atoms. The number of carbonyl (C=O) groups is 2. The number of rotatable bonds is 5. The van der Waals surface area contributed by atoms with E-state index in [0.717, 1.165) is 11.1 Å². The summed E-state index contributed by atoms with van der Waals surface area (Å²) >= 11 is 1.24. The monoisotopic (exact) mass is 339 g/mol. The largest absolute Gasteiger partial charge is 0.478 e. The minimum atomic E-state index is -0.979. The summed E-state index contributed by atoms with van der Waals surface area (Å²) in [5.41, 5.74) is 1.88. The Kier molecular flexibility index (Phi) is 4.62. The second kappa shape index (κ2) is 7.01. The van der Waals surface area contributed by atoms with Crippen LogP contribution in [-0.4, -0.2) is 27.2 Å². The van der Waals surface area contributed by atoms with Gasteiger partial charge >= 0.3 is 5.97 Å². The summed E-state index contributed by atoms with van der Waals surface area (Å²) < 4.78 is 0. The van der Waals surface area contributed by atoms with Gasteiger partial charge in [0.15, 0.2) is 0 Å². The van der Waals surface area contributed by atoms with Crippen molar-refractivity contribution >= 4 is 28.3 Å². The van der Waals surface area contributed by atoms with Crippen molar-refractivity contribution in [2.45, 2.75) is 6.42 Å². The number of benzene rings is 2. The Labute approximate surface area is 141 Å². The zero-order valence-corrected chi connectivity index (χ0v) is 13.3. The van der Waals surface area contributed by atoms with Gasteiger partial charge in [-0.05, 0) is 17.7 Å². The van der Waals surface area contributed by atoms with Crippen LogP contribution in [0.5, 0.6) is 0 Å². The lowest BCUT2D eigenvalue weighted by atomic mass is 10.1. The Bertz CT molecular complexity index is 860. The lowest BCUT2D eigenvalue weighted by molar-refractivity contribution is -0.115. The fourth-order valence-electron chi connectivity index (χ4n) is 2.09. The lowest BCUT2D eigenvalue weighted by Gasteiger charge is -2.01. The van der Waals surface area contributed by atoms with Crippen LogP contribution < -0.4 is 5.32 Å². The molecule has 0 saturated carbocycles. The number of aromatic nitrogens is 2. The van der Waals surface area contributed by atoms with E-state index in [1.807, 2.05) is 30.3 Å². The van der Waals surface area contributed by atoms with E-state index >= 15 is 0 Å². The minimum absolute atomic E-state index is 0.162. The van der Waals surface area contributed by atoms with Crippen LogP contribution in [0.15, 0.2) is 54.6 Å². The van der Waals surface area contributed by atoms with Gasteiger partial charge in [-0.3, -0.25) is 4.79 Å². The van der Waals surface area contributed by atoms with E-state index in [4.69, 9.17) is 5.11 Å². The highest BCUT2D eigenvalue weighted by Gasteiger charge is 2.11. The van der Waals surface area contributed by atoms with Gasteiger partial charge in [-0.25, -0.2) is 4.79 Å². The fourth-order valence-corrected chi connectivity index (χ4v) is 2.86. The first-order valence-corrected chi connectivity index (χ1v) is 7.94. The molecule has 0 saturated heterocycles. The van der Waals surface area contributed by atoms with E-state index in [1.54, 1.807) is 12.1 Å². The number of hydrogen-bond acceptors (Lipinski definition) is 5. The van der Waals surface area contributed by atoms with Crippen molar-refractivity contribution in [2.75, 3.05) is 5.32 Å². The lowest BCUT2D eigenvalue weighted by Crippen LogP contribution is -2.14. The molecule has 0 aliphatic heterocycles. The molecule has 1 aromatic heterocycles. The average molecular weight is 339 g/mol. The summed E-state index contributed by atoms with van der Waals surface area (Å²) in [6.07, 6.45) is 0.267. The Balaban J connectivity index is 1.67. The molecule has 0 fully saturated rings. The molecule has 2 aromatic carbocycles. The van der Waals surface area contributed by atoms with Gasteiger partial charge in [0, 0.05) is 5.56 Å². The van der Waals surface area contributed by atoms with Crippen LogP contribution in [0.2, 0.25) is 0 Å². The quantitative estimate of drug-likeness (QED) is 0.745. The molecule has 120 valence electrons. The van der Waals surface area contributed by atoms with Gasteiger partial charge in [-0.15, -0.1) is 10.2 Å². The van der Waals surface area contributed by atoms with Crippen molar-refractivity contribution in [3.63, 3.8) is 0 Å². The molecule has 0 aliphatic carbocycles. The molecule has 0 unspecified atom stereocenters. The number of anilines is 1. The summed E-state index contributed by atoms with van der Waals surface area (Å²) in [7, 11) is 0. The molecule has 0 radical (unpaired) electrons. The molecule has 1 amide bonds. The van der Waals surface area contributed by atoms with Gasteiger partial charge in [0.1, 0.15) is 5.01 Å². The molecule has 2 N–H and O–H groups in total. The molecule has 3 rings (SSSR count). The SMILES string of the molecule is O=C(Cc1ccccc1)Nc1nnc(-c2ccc(C(=O)O)cc2)s1. The maximum atomic E-state index is 12.0. The third-order valence-electron chi connectivity index (χ3n) is 3.26. The molecule has 0 atom stereocenters. The van der Waals surface area contributed by atoms with Crippen molar-refractivity contribution in [2.24, 2.45) is 0 Å². The number of carbonyl (C=O) groups excluding carboxylic acids is 1. The molecule has 0 bridgehead atoms. The summed E-state index contributed by atoms with van der Waals surface area (Å²) in [5, 5.41) is 20.6. The summed E-state index contributed by atoms with van der Waals surface area (Å²) in [6.45, 7) is 0. The molecule has 0 aliphatic rings. The molecule has 3 aromatic rings. The van der Waals surface area contributed by atoms with E-state index in [-0.39, 0.29) is 17.9 Å². The second-order valence-corrected chi connectivity index (χ2v) is 5.98. The Hall–Kier alpha value is -3.06. The van der Waals surface area contributed by atoms with Crippen molar-refractivity contribution in [3.8, 4) is 10.6 Å². The van der Waals surface area contributed by atoms with Crippen LogP contribution in [0.1, 0.15) is 15.9 Å². The maximum absolute atomic E-state index is 12.0. The standard InChI is InChI=1S/C17H13N3O3S/c21-14(10-11-4-2-1-3-5-11)18-17-20-19-15(24-17)12-6-8-13(9-7-12)16(22)23/h1-9H,10H2,(H,22,23)(H,18,20,21). The third kappa shape index (κ3) is 3.82. The average Bonchev–Trinajstić information content (AvgIpc) is 3.04. The van der Waals surface area contributed by atoms with Crippen LogP contribution in [0.3, 0.4) is 0 Å². The first-order chi connectivity index (χ1) is 11.6. The molecule has 6 nitrogen and oxygen atoms in total. The normalized spacial score (nSPS) is 10.3. The number of aromatic carboxylic acids is 1. The zero-order chi connectivity index (χ0) is 16.9. The number of nitrogens with zero attached hydrogens (tertiary/aromatic N) is 2. The van der Waals surface area contributed by atoms with Crippen LogP contribution in [0, 0.1) is 0 Å². The van der Waals surface area contributed by atoms with Gasteiger partial charge in [-0.1, -0.05) is 53.8 Å². The summed E-state index contributed by atoms with van der Waals surface area (Å²) in [4.78, 5) is 22.9. The van der Waals surface area contributed by atoms with Crippen LogP contribution in [0.4, 0.5) is 5.13 Å². The van der Waals surface area contributed by atoms with E-state index in [1.165, 1.54) is 23.5 Å². The molecule has 1 heterocycles. The van der Waals surface area contributed by atoms with Gasteiger partial charge in [-0.2, -0.15) is 0 Å². The van der Waals surface area contributed by atoms with Crippen LogP contribution in [0.25, 0.3) is 10.6 Å². The molecular weight excluding hydrogens is 326 g/mol. The van der Waals surface area contributed by atoms with E-state index in [0.29, 0.717) is 10.1 Å². The zero-order valence-electron chi connectivity index (χ0n) is 12.5. The van der Waals surface area contributed by atoms with E-state index in [9.17, 15) is 9.59 Å². The highest BCUT2D eigenvalue weighted by Crippen LogP contribution is 2.26. The number of hydrogen-bond donors (Lipinski definition) is 2. The van der Waals surface area contributed by atoms with Crippen molar-refractivity contribution in [3.05, 3.63) is 65.7 Å². The highest BCUT2D eigenvalue weighted by atomic mass is 32.1. The van der Waals surface area contributed by atoms with Gasteiger partial charge in [0.2, 0.25) is 11.0 Å². The van der Waals surface area contributed by atoms with E-state index < -0.39 is 5.97 Å². The fraction of sp³-hybridized carbons (Fsp3) is 0.0588. The van der Waals surface area contributed by atoms with Crippen molar-refractivity contribution < 1.29 is 14.7 Å². The Morgan fingerprint density at radius 1 is 1.00 bits per heavy atom. The molecule has 24 heavy (non-hydrogen) atoms. The number of carboxylic acid groups (broad SMARTS) is 1. The number of nitrogens with one attached hydrogen (secondary N) is 1. The summed E-state index contributed by atoms with van der Waals surface area (Å²) in [6, 6.07) is 15.8. The molecular formula is C17H13N3O3S. The predicted octanol–water partition coefficient (Wildman–Crippen LogP) is 3.08. The first kappa shape index (κ1) is 15.8. The molecule has 7 heteroatoms. The van der Waals surface area contributed by atoms with Crippen LogP contribution >= 0.6 is 11.3 Å². The second-order valence-electron chi connectivity index (χ2n) is 5.01. The van der Waals surface area contributed by atoms with Crippen molar-refractivity contribution in [1.82, 2.24) is 10.2 Å².